The van der Waals surface area contributed by atoms with Gasteiger partial charge in [-0.25, -0.2) is 0 Å². The van der Waals surface area contributed by atoms with Gasteiger partial charge in [0, 0.05) is 24.0 Å². The SMILES string of the molecule is C[C@H](Cc1ccccc1)NC[C@H](O)c1ccc(O)c2[nH]c(=O)ccc12. The molecule has 5 heteroatoms. The number of rotatable bonds is 6. The fourth-order valence-electron chi connectivity index (χ4n) is 3.01. The van der Waals surface area contributed by atoms with Gasteiger partial charge in [0.2, 0.25) is 5.56 Å². The summed E-state index contributed by atoms with van der Waals surface area (Å²) >= 11 is 0. The van der Waals surface area contributed by atoms with Crippen molar-refractivity contribution in [1.82, 2.24) is 10.3 Å². The zero-order chi connectivity index (χ0) is 17.8. The lowest BCUT2D eigenvalue weighted by Gasteiger charge is -2.19. The lowest BCUT2D eigenvalue weighted by Crippen LogP contribution is -2.32. The summed E-state index contributed by atoms with van der Waals surface area (Å²) in [6.07, 6.45) is 0.129. The van der Waals surface area contributed by atoms with Crippen LogP contribution in [0.3, 0.4) is 0 Å². The van der Waals surface area contributed by atoms with E-state index in [0.29, 0.717) is 23.0 Å². The third-order valence-electron chi connectivity index (χ3n) is 4.31. The van der Waals surface area contributed by atoms with Gasteiger partial charge in [-0.3, -0.25) is 4.79 Å². The number of pyridine rings is 1. The van der Waals surface area contributed by atoms with Gasteiger partial charge >= 0.3 is 0 Å². The molecule has 4 N–H and O–H groups in total. The second kappa shape index (κ2) is 7.51. The number of nitrogens with one attached hydrogen (secondary N) is 2. The molecule has 0 aliphatic carbocycles. The van der Waals surface area contributed by atoms with Crippen molar-refractivity contribution in [2.24, 2.45) is 0 Å². The number of aliphatic hydroxyl groups is 1. The summed E-state index contributed by atoms with van der Waals surface area (Å²) in [6.45, 7) is 2.46. The number of hydrogen-bond acceptors (Lipinski definition) is 4. The number of aromatic hydroxyl groups is 1. The van der Waals surface area contributed by atoms with Crippen LogP contribution in [0.25, 0.3) is 10.9 Å². The zero-order valence-corrected chi connectivity index (χ0v) is 14.1. The molecule has 0 saturated carbocycles. The van der Waals surface area contributed by atoms with E-state index in [4.69, 9.17) is 0 Å². The van der Waals surface area contributed by atoms with Gasteiger partial charge in [0.1, 0.15) is 5.75 Å². The summed E-state index contributed by atoms with van der Waals surface area (Å²) in [4.78, 5) is 14.1. The van der Waals surface area contributed by atoms with Crippen LogP contribution in [-0.4, -0.2) is 27.8 Å². The number of aliphatic hydroxyl groups excluding tert-OH is 1. The number of aromatic nitrogens is 1. The van der Waals surface area contributed by atoms with Crippen LogP contribution in [0.4, 0.5) is 0 Å². The smallest absolute Gasteiger partial charge is 0.248 e. The first-order chi connectivity index (χ1) is 12.0. The molecule has 1 aromatic heterocycles. The van der Waals surface area contributed by atoms with E-state index in [2.05, 4.69) is 29.4 Å². The average molecular weight is 338 g/mol. The fraction of sp³-hybridized carbons (Fsp3) is 0.250. The number of hydrogen-bond donors (Lipinski definition) is 4. The number of H-pyrrole nitrogens is 1. The molecule has 0 spiro atoms. The van der Waals surface area contributed by atoms with Crippen LogP contribution in [0.5, 0.6) is 5.75 Å². The van der Waals surface area contributed by atoms with Gasteiger partial charge in [0.25, 0.3) is 0 Å². The van der Waals surface area contributed by atoms with Gasteiger partial charge in [-0.15, -0.1) is 0 Å². The molecule has 2 atom stereocenters. The van der Waals surface area contributed by atoms with Crippen LogP contribution >= 0.6 is 0 Å². The molecule has 1 heterocycles. The van der Waals surface area contributed by atoms with Crippen LogP contribution in [-0.2, 0) is 6.42 Å². The molecular formula is C20H22N2O3. The largest absolute Gasteiger partial charge is 0.506 e. The second-order valence-electron chi connectivity index (χ2n) is 6.30. The van der Waals surface area contributed by atoms with E-state index >= 15 is 0 Å². The molecule has 2 aromatic carbocycles. The Morgan fingerprint density at radius 1 is 1.08 bits per heavy atom. The molecule has 0 fully saturated rings. The first-order valence-corrected chi connectivity index (χ1v) is 8.35. The van der Waals surface area contributed by atoms with Crippen molar-refractivity contribution >= 4 is 10.9 Å². The van der Waals surface area contributed by atoms with Crippen molar-refractivity contribution in [3.8, 4) is 5.75 Å². The minimum Gasteiger partial charge on any atom is -0.506 e. The first kappa shape index (κ1) is 17.2. The van der Waals surface area contributed by atoms with Crippen molar-refractivity contribution in [3.63, 3.8) is 0 Å². The van der Waals surface area contributed by atoms with Gasteiger partial charge in [-0.1, -0.05) is 36.4 Å². The van der Waals surface area contributed by atoms with E-state index in [-0.39, 0.29) is 17.4 Å². The van der Waals surface area contributed by atoms with E-state index in [1.54, 1.807) is 12.1 Å². The van der Waals surface area contributed by atoms with Crippen molar-refractivity contribution in [2.45, 2.75) is 25.5 Å². The number of fused-ring (bicyclic) bond motifs is 1. The topological polar surface area (TPSA) is 85.3 Å². The maximum absolute atomic E-state index is 11.5. The molecule has 25 heavy (non-hydrogen) atoms. The van der Waals surface area contributed by atoms with Crippen molar-refractivity contribution in [2.75, 3.05) is 6.54 Å². The van der Waals surface area contributed by atoms with Gasteiger partial charge in [0.15, 0.2) is 0 Å². The third-order valence-corrected chi connectivity index (χ3v) is 4.31. The molecule has 0 radical (unpaired) electrons. The molecule has 0 amide bonds. The normalized spacial score (nSPS) is 13.7. The summed E-state index contributed by atoms with van der Waals surface area (Å²) in [5.74, 6) is -0.00550. The molecule has 0 aliphatic rings. The number of phenolic OH excluding ortho intramolecular Hbond substituents is 1. The summed E-state index contributed by atoms with van der Waals surface area (Å²) in [5.41, 5.74) is 1.97. The van der Waals surface area contributed by atoms with Gasteiger partial charge < -0.3 is 20.5 Å². The predicted molar refractivity (Wildman–Crippen MR) is 98.8 cm³/mol. The van der Waals surface area contributed by atoms with E-state index in [9.17, 15) is 15.0 Å². The van der Waals surface area contributed by atoms with Crippen molar-refractivity contribution in [1.29, 1.82) is 0 Å². The Labute approximate surface area is 146 Å². The molecule has 3 rings (SSSR count). The highest BCUT2D eigenvalue weighted by Gasteiger charge is 2.15. The van der Waals surface area contributed by atoms with Crippen LogP contribution in [0.1, 0.15) is 24.2 Å². The number of benzene rings is 2. The lowest BCUT2D eigenvalue weighted by molar-refractivity contribution is 0.172. The van der Waals surface area contributed by atoms with Gasteiger partial charge in [-0.05, 0) is 36.6 Å². The third kappa shape index (κ3) is 4.07. The maximum atomic E-state index is 11.5. The lowest BCUT2D eigenvalue weighted by atomic mass is 10.0. The van der Waals surface area contributed by atoms with Gasteiger partial charge in [-0.2, -0.15) is 0 Å². The summed E-state index contributed by atoms with van der Waals surface area (Å²) in [5, 5.41) is 24.5. The summed E-state index contributed by atoms with van der Waals surface area (Å²) in [6, 6.07) is 16.6. The molecular weight excluding hydrogens is 316 g/mol. The molecule has 0 bridgehead atoms. The monoisotopic (exact) mass is 338 g/mol. The Morgan fingerprint density at radius 2 is 1.84 bits per heavy atom. The van der Waals surface area contributed by atoms with Crippen LogP contribution in [0, 0.1) is 0 Å². The van der Waals surface area contributed by atoms with E-state index in [0.717, 1.165) is 6.42 Å². The molecule has 0 saturated heterocycles. The maximum Gasteiger partial charge on any atom is 0.248 e. The highest BCUT2D eigenvalue weighted by atomic mass is 16.3. The molecule has 0 unspecified atom stereocenters. The van der Waals surface area contributed by atoms with E-state index in [1.807, 2.05) is 18.2 Å². The Balaban J connectivity index is 1.71. The summed E-state index contributed by atoms with van der Waals surface area (Å²) < 4.78 is 0. The Bertz CT molecular complexity index is 906. The second-order valence-corrected chi connectivity index (χ2v) is 6.30. The Kier molecular flexibility index (Phi) is 5.16. The quantitative estimate of drug-likeness (QED) is 0.556. The molecule has 130 valence electrons. The Hall–Kier alpha value is -2.63. The number of phenols is 1. The van der Waals surface area contributed by atoms with Crippen molar-refractivity contribution in [3.05, 3.63) is 76.1 Å². The average Bonchev–Trinajstić information content (AvgIpc) is 2.61. The summed E-state index contributed by atoms with van der Waals surface area (Å²) in [7, 11) is 0. The fourth-order valence-corrected chi connectivity index (χ4v) is 3.01. The standard InChI is InChI=1S/C20H22N2O3/c1-13(11-14-5-3-2-4-6-14)21-12-18(24)15-7-9-17(23)20-16(15)8-10-19(25)22-20/h2-10,13,18,21,23-24H,11-12H2,1H3,(H,22,25)/t13-,18+/m1/s1. The van der Waals surface area contributed by atoms with E-state index < -0.39 is 6.10 Å². The highest BCUT2D eigenvalue weighted by molar-refractivity contribution is 5.87. The molecule has 3 aromatic rings. The van der Waals surface area contributed by atoms with Crippen LogP contribution in [0.2, 0.25) is 0 Å². The molecule has 0 aliphatic heterocycles. The number of aromatic amines is 1. The van der Waals surface area contributed by atoms with Crippen LogP contribution in [0.15, 0.2) is 59.4 Å². The first-order valence-electron chi connectivity index (χ1n) is 8.35. The minimum absolute atomic E-state index is 0.00550. The Morgan fingerprint density at radius 3 is 2.60 bits per heavy atom. The minimum atomic E-state index is -0.743. The zero-order valence-electron chi connectivity index (χ0n) is 14.1. The predicted octanol–water partition coefficient (Wildman–Crippen LogP) is 2.49. The van der Waals surface area contributed by atoms with E-state index in [1.165, 1.54) is 17.7 Å². The molecule has 5 nitrogen and oxygen atoms in total. The van der Waals surface area contributed by atoms with Crippen molar-refractivity contribution < 1.29 is 10.2 Å². The van der Waals surface area contributed by atoms with Crippen LogP contribution < -0.4 is 10.9 Å². The van der Waals surface area contributed by atoms with Gasteiger partial charge in [0.05, 0.1) is 11.6 Å². The highest BCUT2D eigenvalue weighted by Crippen LogP contribution is 2.28.